The van der Waals surface area contributed by atoms with E-state index in [1.165, 1.54) is 38.5 Å². The molecule has 166 valence electrons. The van der Waals surface area contributed by atoms with E-state index >= 15 is 0 Å². The molecule has 0 spiro atoms. The van der Waals surface area contributed by atoms with Gasteiger partial charge in [0.25, 0.3) is 0 Å². The van der Waals surface area contributed by atoms with Crippen LogP contribution in [0.5, 0.6) is 5.75 Å². The topological polar surface area (TPSA) is 89.9 Å². The fraction of sp³-hybridized carbons (Fsp3) is 0.682. The van der Waals surface area contributed by atoms with Gasteiger partial charge >= 0.3 is 16.4 Å². The molecule has 1 rings (SSSR count). The molecule has 0 fully saturated rings. The summed E-state index contributed by atoms with van der Waals surface area (Å²) in [5.74, 6) is -0.389. The summed E-state index contributed by atoms with van der Waals surface area (Å²) in [7, 11) is -4.73. The number of rotatable bonds is 16. The summed E-state index contributed by atoms with van der Waals surface area (Å²) in [6.45, 7) is 4.13. The Hall–Kier alpha value is -1.44. The molecule has 1 aromatic carbocycles. The summed E-state index contributed by atoms with van der Waals surface area (Å²) in [6.07, 6.45) is 10.7. The van der Waals surface area contributed by atoms with Crippen LogP contribution in [0.3, 0.4) is 0 Å². The maximum Gasteiger partial charge on any atom is 0.398 e. The zero-order chi connectivity index (χ0) is 21.5. The summed E-state index contributed by atoms with van der Waals surface area (Å²) < 4.78 is 41.0. The van der Waals surface area contributed by atoms with Gasteiger partial charge in [-0.05, 0) is 30.9 Å². The van der Waals surface area contributed by atoms with Gasteiger partial charge in [0.1, 0.15) is 5.75 Å². The van der Waals surface area contributed by atoms with Crippen LogP contribution in [-0.2, 0) is 25.8 Å². The highest BCUT2D eigenvalue weighted by molar-refractivity contribution is 7.80. The van der Waals surface area contributed by atoms with Crippen LogP contribution in [0.25, 0.3) is 0 Å². The van der Waals surface area contributed by atoms with Crippen molar-refractivity contribution in [1.82, 2.24) is 0 Å². The van der Waals surface area contributed by atoms with Crippen LogP contribution in [0.2, 0.25) is 0 Å². The van der Waals surface area contributed by atoms with E-state index in [4.69, 9.17) is 9.29 Å². The van der Waals surface area contributed by atoms with E-state index in [2.05, 4.69) is 11.1 Å². The first kappa shape index (κ1) is 25.6. The zero-order valence-corrected chi connectivity index (χ0v) is 18.6. The van der Waals surface area contributed by atoms with Gasteiger partial charge in [-0.2, -0.15) is 8.42 Å². The standard InChI is InChI=1S/C22H36O6S/c1-3-5-7-8-9-10-11-12-15-19-16-13-14-18-20(19)27-22(23)21(17-6-4-2)28-29(24,25)26/h13-14,16,18,21H,3-12,15,17H2,1-2H3,(H,24,25,26). The van der Waals surface area contributed by atoms with Crippen molar-refractivity contribution < 1.29 is 26.7 Å². The second-order valence-electron chi connectivity index (χ2n) is 7.41. The van der Waals surface area contributed by atoms with Crippen LogP contribution >= 0.6 is 0 Å². The minimum absolute atomic E-state index is 0.162. The fourth-order valence-corrected chi connectivity index (χ4v) is 3.64. The van der Waals surface area contributed by atoms with Crippen molar-refractivity contribution in [2.75, 3.05) is 0 Å². The molecule has 1 aromatic rings. The molecule has 0 saturated carbocycles. The molecule has 7 heteroatoms. The highest BCUT2D eigenvalue weighted by atomic mass is 32.3. The fourth-order valence-electron chi connectivity index (χ4n) is 3.17. The Morgan fingerprint density at radius 3 is 2.14 bits per heavy atom. The first-order chi connectivity index (χ1) is 13.9. The van der Waals surface area contributed by atoms with Crippen LogP contribution in [0.4, 0.5) is 0 Å². The number of para-hydroxylation sites is 1. The number of benzene rings is 1. The molecule has 0 saturated heterocycles. The van der Waals surface area contributed by atoms with Gasteiger partial charge in [-0.3, -0.25) is 4.55 Å². The average Bonchev–Trinajstić information content (AvgIpc) is 2.67. The second kappa shape index (κ2) is 14.5. The number of unbranched alkanes of at least 4 members (excludes halogenated alkanes) is 8. The Morgan fingerprint density at radius 1 is 0.931 bits per heavy atom. The van der Waals surface area contributed by atoms with Crippen LogP contribution in [0.1, 0.15) is 90.0 Å². The smallest absolute Gasteiger partial charge is 0.398 e. The molecular formula is C22H36O6S. The average molecular weight is 429 g/mol. The minimum atomic E-state index is -4.73. The molecule has 0 radical (unpaired) electrons. The van der Waals surface area contributed by atoms with E-state index in [0.717, 1.165) is 31.2 Å². The first-order valence-electron chi connectivity index (χ1n) is 10.8. The van der Waals surface area contributed by atoms with Gasteiger partial charge in [0.05, 0.1) is 0 Å². The Labute approximate surface area is 175 Å². The number of aryl methyl sites for hydroxylation is 1. The Kier molecular flexibility index (Phi) is 12.8. The third kappa shape index (κ3) is 12.0. The van der Waals surface area contributed by atoms with Crippen molar-refractivity contribution in [1.29, 1.82) is 0 Å². The predicted octanol–water partition coefficient (Wildman–Crippen LogP) is 5.65. The van der Waals surface area contributed by atoms with Crippen LogP contribution in [0, 0.1) is 0 Å². The Bertz CT molecular complexity index is 686. The van der Waals surface area contributed by atoms with E-state index in [1.54, 1.807) is 12.1 Å². The van der Waals surface area contributed by atoms with Gasteiger partial charge in [-0.1, -0.05) is 89.8 Å². The minimum Gasteiger partial charge on any atom is -0.424 e. The van der Waals surface area contributed by atoms with E-state index in [-0.39, 0.29) is 6.42 Å². The Morgan fingerprint density at radius 2 is 1.52 bits per heavy atom. The molecule has 0 aliphatic heterocycles. The van der Waals surface area contributed by atoms with Gasteiger partial charge in [0.15, 0.2) is 6.10 Å². The van der Waals surface area contributed by atoms with Crippen molar-refractivity contribution in [3.05, 3.63) is 29.8 Å². The third-order valence-corrected chi connectivity index (χ3v) is 5.28. The molecule has 1 N–H and O–H groups in total. The maximum atomic E-state index is 12.4. The molecular weight excluding hydrogens is 392 g/mol. The largest absolute Gasteiger partial charge is 0.424 e. The lowest BCUT2D eigenvalue weighted by atomic mass is 10.0. The number of hydrogen-bond acceptors (Lipinski definition) is 5. The van der Waals surface area contributed by atoms with Gasteiger partial charge in [-0.15, -0.1) is 0 Å². The van der Waals surface area contributed by atoms with Crippen molar-refractivity contribution >= 4 is 16.4 Å². The highest BCUT2D eigenvalue weighted by Gasteiger charge is 2.27. The molecule has 0 aliphatic carbocycles. The normalized spacial score (nSPS) is 12.7. The molecule has 29 heavy (non-hydrogen) atoms. The molecule has 0 bridgehead atoms. The van der Waals surface area contributed by atoms with Gasteiger partial charge in [0.2, 0.25) is 0 Å². The van der Waals surface area contributed by atoms with E-state index in [0.29, 0.717) is 12.2 Å². The number of carbonyl (C=O) groups is 1. The van der Waals surface area contributed by atoms with Crippen molar-refractivity contribution in [3.63, 3.8) is 0 Å². The highest BCUT2D eigenvalue weighted by Crippen LogP contribution is 2.22. The molecule has 0 heterocycles. The molecule has 0 aliphatic rings. The first-order valence-corrected chi connectivity index (χ1v) is 12.2. The summed E-state index contributed by atoms with van der Waals surface area (Å²) in [5, 5.41) is 0. The van der Waals surface area contributed by atoms with Crippen molar-refractivity contribution in [2.45, 2.75) is 97.0 Å². The predicted molar refractivity (Wildman–Crippen MR) is 114 cm³/mol. The van der Waals surface area contributed by atoms with Crippen LogP contribution < -0.4 is 4.74 Å². The molecule has 0 aromatic heterocycles. The SMILES string of the molecule is CCCCCCCCCCc1ccccc1OC(=O)C(CCCC)OS(=O)(=O)O. The lowest BCUT2D eigenvalue weighted by molar-refractivity contribution is -0.142. The summed E-state index contributed by atoms with van der Waals surface area (Å²) in [6, 6.07) is 7.27. The third-order valence-electron chi connectivity index (χ3n) is 4.80. The second-order valence-corrected chi connectivity index (χ2v) is 8.46. The maximum absolute atomic E-state index is 12.4. The molecule has 0 amide bonds. The van der Waals surface area contributed by atoms with Crippen molar-refractivity contribution in [3.8, 4) is 5.75 Å². The number of esters is 1. The lowest BCUT2D eigenvalue weighted by Crippen LogP contribution is -2.31. The van der Waals surface area contributed by atoms with Crippen molar-refractivity contribution in [2.24, 2.45) is 0 Å². The zero-order valence-electron chi connectivity index (χ0n) is 17.8. The lowest BCUT2D eigenvalue weighted by Gasteiger charge is -2.16. The van der Waals surface area contributed by atoms with Gasteiger partial charge in [0, 0.05) is 0 Å². The molecule has 6 nitrogen and oxygen atoms in total. The van der Waals surface area contributed by atoms with E-state index < -0.39 is 22.5 Å². The molecule has 1 unspecified atom stereocenters. The van der Waals surface area contributed by atoms with Gasteiger partial charge < -0.3 is 4.74 Å². The van der Waals surface area contributed by atoms with Gasteiger partial charge in [-0.25, -0.2) is 8.98 Å². The van der Waals surface area contributed by atoms with Crippen LogP contribution in [-0.4, -0.2) is 25.0 Å². The van der Waals surface area contributed by atoms with E-state index in [1.807, 2.05) is 19.1 Å². The van der Waals surface area contributed by atoms with E-state index in [9.17, 15) is 13.2 Å². The summed E-state index contributed by atoms with van der Waals surface area (Å²) in [4.78, 5) is 12.4. The summed E-state index contributed by atoms with van der Waals surface area (Å²) in [5.41, 5.74) is 0.910. The number of ether oxygens (including phenoxy) is 1. The van der Waals surface area contributed by atoms with Crippen LogP contribution in [0.15, 0.2) is 24.3 Å². The Balaban J connectivity index is 2.57. The summed E-state index contributed by atoms with van der Waals surface area (Å²) >= 11 is 0. The monoisotopic (exact) mass is 428 g/mol. The molecule has 1 atom stereocenters. The number of hydrogen-bond donors (Lipinski definition) is 1. The quantitative estimate of drug-likeness (QED) is 0.158. The number of carbonyl (C=O) groups excluding carboxylic acids is 1.